The average Bonchev–Trinajstić information content (AvgIpc) is 3.50. The van der Waals surface area contributed by atoms with Crippen molar-refractivity contribution in [2.24, 2.45) is 4.99 Å². The maximum absolute atomic E-state index is 12.8. The summed E-state index contributed by atoms with van der Waals surface area (Å²) in [7, 11) is 1.75. The molecule has 1 aliphatic rings. The third-order valence-electron chi connectivity index (χ3n) is 5.35. The van der Waals surface area contributed by atoms with E-state index in [1.165, 1.54) is 0 Å². The predicted molar refractivity (Wildman–Crippen MR) is 125 cm³/mol. The lowest BCUT2D eigenvalue weighted by molar-refractivity contribution is 0.0985. The van der Waals surface area contributed by atoms with Crippen LogP contribution in [0.4, 0.5) is 10.2 Å². The SMILES string of the molecule is CC.CN=C(c1ccn[nH]1)c1nc(N2CCOC[C@H]2C)cc(-c2ccn(CCF)n2)c1C. The van der Waals surface area contributed by atoms with Crippen LogP contribution in [-0.4, -0.2) is 70.2 Å². The van der Waals surface area contributed by atoms with E-state index >= 15 is 0 Å². The Morgan fingerprint density at radius 2 is 2.16 bits per heavy atom. The van der Waals surface area contributed by atoms with Gasteiger partial charge in [0, 0.05) is 31.5 Å². The summed E-state index contributed by atoms with van der Waals surface area (Å²) in [5.74, 6) is 0.849. The van der Waals surface area contributed by atoms with Gasteiger partial charge in [-0.15, -0.1) is 0 Å². The van der Waals surface area contributed by atoms with Crippen LogP contribution >= 0.6 is 0 Å². The van der Waals surface area contributed by atoms with E-state index in [-0.39, 0.29) is 12.6 Å². The maximum Gasteiger partial charge on any atom is 0.130 e. The second-order valence-corrected chi connectivity index (χ2v) is 7.31. The molecule has 1 saturated heterocycles. The fourth-order valence-corrected chi connectivity index (χ4v) is 3.76. The fraction of sp³-hybridized carbons (Fsp3) is 0.478. The number of hydrogen-bond acceptors (Lipinski definition) is 6. The number of nitrogens with one attached hydrogen (secondary N) is 1. The van der Waals surface area contributed by atoms with Crippen molar-refractivity contribution >= 4 is 11.5 Å². The zero-order valence-corrected chi connectivity index (χ0v) is 19.5. The van der Waals surface area contributed by atoms with E-state index in [9.17, 15) is 4.39 Å². The Morgan fingerprint density at radius 3 is 2.81 bits per heavy atom. The number of morpholine rings is 1. The molecule has 0 aliphatic carbocycles. The lowest BCUT2D eigenvalue weighted by atomic mass is 10.00. The molecule has 1 aliphatic heterocycles. The normalized spacial score (nSPS) is 16.6. The number of ether oxygens (including phenoxy) is 1. The minimum Gasteiger partial charge on any atom is -0.377 e. The van der Waals surface area contributed by atoms with Gasteiger partial charge in [-0.25, -0.2) is 9.37 Å². The molecule has 1 N–H and O–H groups in total. The van der Waals surface area contributed by atoms with Gasteiger partial charge in [0.05, 0.1) is 42.9 Å². The molecule has 1 fully saturated rings. The summed E-state index contributed by atoms with van der Waals surface area (Å²) in [6, 6.07) is 6.05. The van der Waals surface area contributed by atoms with E-state index in [0.717, 1.165) is 46.3 Å². The summed E-state index contributed by atoms with van der Waals surface area (Å²) < 4.78 is 20.0. The molecule has 0 unspecified atom stereocenters. The van der Waals surface area contributed by atoms with E-state index < -0.39 is 6.67 Å². The van der Waals surface area contributed by atoms with Crippen LogP contribution in [0.1, 0.15) is 37.7 Å². The highest BCUT2D eigenvalue weighted by Crippen LogP contribution is 2.30. The molecule has 0 radical (unpaired) electrons. The van der Waals surface area contributed by atoms with E-state index in [2.05, 4.69) is 38.2 Å². The summed E-state index contributed by atoms with van der Waals surface area (Å²) in [6.45, 7) is 9.99. The van der Waals surface area contributed by atoms with Crippen molar-refractivity contribution in [3.63, 3.8) is 0 Å². The summed E-state index contributed by atoms with van der Waals surface area (Å²) in [4.78, 5) is 11.7. The molecule has 4 rings (SSSR count). The molecule has 0 amide bonds. The number of pyridine rings is 1. The van der Waals surface area contributed by atoms with Gasteiger partial charge in [-0.2, -0.15) is 10.2 Å². The van der Waals surface area contributed by atoms with Gasteiger partial charge in [0.2, 0.25) is 0 Å². The molecular formula is C23H32FN7O. The van der Waals surface area contributed by atoms with Crippen LogP contribution in [-0.2, 0) is 11.3 Å². The first-order chi connectivity index (χ1) is 15.6. The number of halogens is 1. The molecule has 3 aromatic rings. The number of hydrogen-bond donors (Lipinski definition) is 1. The van der Waals surface area contributed by atoms with Crippen molar-refractivity contribution in [3.05, 3.63) is 47.5 Å². The van der Waals surface area contributed by atoms with Crippen LogP contribution in [0.15, 0.2) is 35.6 Å². The Kier molecular flexibility index (Phi) is 8.10. The van der Waals surface area contributed by atoms with Gasteiger partial charge in [-0.1, -0.05) is 13.8 Å². The smallest absolute Gasteiger partial charge is 0.130 e. The number of aryl methyl sites for hydroxylation is 1. The van der Waals surface area contributed by atoms with Crippen LogP contribution in [0.3, 0.4) is 0 Å². The highest BCUT2D eigenvalue weighted by atomic mass is 19.1. The molecule has 172 valence electrons. The van der Waals surface area contributed by atoms with Crippen molar-refractivity contribution < 1.29 is 9.13 Å². The highest BCUT2D eigenvalue weighted by molar-refractivity contribution is 6.12. The van der Waals surface area contributed by atoms with E-state index in [1.807, 2.05) is 32.9 Å². The van der Waals surface area contributed by atoms with Crippen molar-refractivity contribution in [1.82, 2.24) is 25.0 Å². The first-order valence-corrected chi connectivity index (χ1v) is 11.0. The van der Waals surface area contributed by atoms with Gasteiger partial charge in [-0.3, -0.25) is 14.8 Å². The molecule has 4 heterocycles. The number of H-pyrrole nitrogens is 1. The Balaban J connectivity index is 0.00000141. The van der Waals surface area contributed by atoms with Crippen LogP contribution in [0.5, 0.6) is 0 Å². The molecule has 0 saturated carbocycles. The Morgan fingerprint density at radius 1 is 1.34 bits per heavy atom. The zero-order chi connectivity index (χ0) is 23.1. The summed E-state index contributed by atoms with van der Waals surface area (Å²) in [5.41, 5.74) is 5.00. The summed E-state index contributed by atoms with van der Waals surface area (Å²) in [6.07, 6.45) is 3.50. The van der Waals surface area contributed by atoms with Gasteiger partial charge in [0.15, 0.2) is 0 Å². The number of nitrogens with zero attached hydrogens (tertiary/aromatic N) is 6. The van der Waals surface area contributed by atoms with Crippen LogP contribution in [0.2, 0.25) is 0 Å². The van der Waals surface area contributed by atoms with Gasteiger partial charge >= 0.3 is 0 Å². The van der Waals surface area contributed by atoms with Gasteiger partial charge in [0.25, 0.3) is 0 Å². The van der Waals surface area contributed by atoms with Gasteiger partial charge in [0.1, 0.15) is 18.2 Å². The molecule has 0 spiro atoms. The predicted octanol–water partition coefficient (Wildman–Crippen LogP) is 3.66. The van der Waals surface area contributed by atoms with Crippen molar-refractivity contribution in [3.8, 4) is 11.3 Å². The molecule has 0 bridgehead atoms. The minimum atomic E-state index is -0.454. The largest absolute Gasteiger partial charge is 0.377 e. The zero-order valence-electron chi connectivity index (χ0n) is 19.5. The number of aliphatic imine (C=N–C) groups is 1. The Bertz CT molecular complexity index is 1030. The van der Waals surface area contributed by atoms with Crippen molar-refractivity contribution in [1.29, 1.82) is 0 Å². The number of alkyl halides is 1. The van der Waals surface area contributed by atoms with Crippen molar-refractivity contribution in [2.45, 2.75) is 40.3 Å². The second kappa shape index (κ2) is 11.0. The number of anilines is 1. The number of aromatic amines is 1. The monoisotopic (exact) mass is 441 g/mol. The van der Waals surface area contributed by atoms with Crippen LogP contribution in [0, 0.1) is 6.92 Å². The maximum atomic E-state index is 12.8. The Hall–Kier alpha value is -3.07. The fourth-order valence-electron chi connectivity index (χ4n) is 3.76. The molecule has 3 aromatic heterocycles. The standard InChI is InChI=1S/C21H26FN7O.C2H6/c1-14-13-30-11-10-29(14)19-12-16(17-5-8-28(27-17)9-6-22)15(2)20(25-19)21(23-3)18-4-7-24-26-18;1-2/h4-5,7-8,12,14H,6,9-11,13H2,1-3H3,(H,24,26);1-2H3/t14-;/m1./s1. The molecular weight excluding hydrogens is 409 g/mol. The third-order valence-corrected chi connectivity index (χ3v) is 5.35. The molecule has 9 heteroatoms. The lowest BCUT2D eigenvalue weighted by Gasteiger charge is -2.35. The second-order valence-electron chi connectivity index (χ2n) is 7.31. The molecule has 32 heavy (non-hydrogen) atoms. The van der Waals surface area contributed by atoms with Crippen LogP contribution in [0.25, 0.3) is 11.3 Å². The van der Waals surface area contributed by atoms with Crippen molar-refractivity contribution in [2.75, 3.05) is 38.4 Å². The molecule has 0 aromatic carbocycles. The number of aromatic nitrogens is 5. The average molecular weight is 442 g/mol. The quantitative estimate of drug-likeness (QED) is 0.590. The first-order valence-electron chi connectivity index (χ1n) is 11.0. The summed E-state index contributed by atoms with van der Waals surface area (Å²) >= 11 is 0. The molecule has 8 nitrogen and oxygen atoms in total. The van der Waals surface area contributed by atoms with E-state index in [1.54, 1.807) is 24.1 Å². The first kappa shape index (κ1) is 23.6. The highest BCUT2D eigenvalue weighted by Gasteiger charge is 2.25. The lowest BCUT2D eigenvalue weighted by Crippen LogP contribution is -2.44. The van der Waals surface area contributed by atoms with Gasteiger partial charge in [-0.05, 0) is 37.6 Å². The molecule has 1 atom stereocenters. The number of rotatable bonds is 6. The van der Waals surface area contributed by atoms with E-state index in [4.69, 9.17) is 9.72 Å². The minimum absolute atomic E-state index is 0.202. The van der Waals surface area contributed by atoms with Gasteiger partial charge < -0.3 is 9.64 Å². The topological polar surface area (TPSA) is 84.2 Å². The third kappa shape index (κ3) is 4.88. The Labute approximate surface area is 188 Å². The summed E-state index contributed by atoms with van der Waals surface area (Å²) in [5, 5.41) is 11.6. The van der Waals surface area contributed by atoms with E-state index in [0.29, 0.717) is 13.2 Å². The van der Waals surface area contributed by atoms with Crippen LogP contribution < -0.4 is 4.90 Å².